The Morgan fingerprint density at radius 1 is 0.824 bits per heavy atom. The average Bonchev–Trinajstić information content (AvgIpc) is 2.32. The fraction of sp³-hybridized carbons (Fsp3) is 0.882. The molecule has 0 aromatic rings. The van der Waals surface area contributed by atoms with Crippen molar-refractivity contribution in [3.63, 3.8) is 0 Å². The first kappa shape index (κ1) is 16.7. The predicted molar refractivity (Wildman–Crippen MR) is 80.4 cm³/mol. The van der Waals surface area contributed by atoms with E-state index in [9.17, 15) is 0 Å². The van der Waals surface area contributed by atoms with E-state index in [0.29, 0.717) is 0 Å². The second kappa shape index (κ2) is 12.2. The van der Waals surface area contributed by atoms with E-state index < -0.39 is 0 Å². The Hall–Kier alpha value is -0.260. The molecule has 0 aliphatic heterocycles. The van der Waals surface area contributed by atoms with Crippen LogP contribution in [0, 0.1) is 5.92 Å². The van der Waals surface area contributed by atoms with Crippen LogP contribution in [0.25, 0.3) is 0 Å². The van der Waals surface area contributed by atoms with Gasteiger partial charge < -0.3 is 0 Å². The monoisotopic (exact) mass is 238 g/mol. The van der Waals surface area contributed by atoms with Gasteiger partial charge in [-0.1, -0.05) is 70.9 Å². The van der Waals surface area contributed by atoms with Crippen LogP contribution in [0.4, 0.5) is 0 Å². The van der Waals surface area contributed by atoms with Crippen LogP contribution >= 0.6 is 0 Å². The van der Waals surface area contributed by atoms with Crippen LogP contribution in [0.5, 0.6) is 0 Å². The topological polar surface area (TPSA) is 0 Å². The summed E-state index contributed by atoms with van der Waals surface area (Å²) in [6, 6.07) is 0. The van der Waals surface area contributed by atoms with Gasteiger partial charge in [-0.05, 0) is 38.5 Å². The van der Waals surface area contributed by atoms with Crippen LogP contribution in [0.3, 0.4) is 0 Å². The molecule has 0 bridgehead atoms. The minimum atomic E-state index is 0.855. The summed E-state index contributed by atoms with van der Waals surface area (Å²) in [5.74, 6) is 0.855. The van der Waals surface area contributed by atoms with E-state index >= 15 is 0 Å². The van der Waals surface area contributed by atoms with Gasteiger partial charge in [0.1, 0.15) is 0 Å². The van der Waals surface area contributed by atoms with Gasteiger partial charge in [-0.25, -0.2) is 0 Å². The first-order chi connectivity index (χ1) is 8.24. The van der Waals surface area contributed by atoms with Gasteiger partial charge in [0.05, 0.1) is 0 Å². The Labute approximate surface area is 110 Å². The largest absolute Gasteiger partial charge is 0.0825 e. The van der Waals surface area contributed by atoms with Gasteiger partial charge in [-0.15, -0.1) is 0 Å². The number of rotatable bonds is 11. The van der Waals surface area contributed by atoms with Crippen molar-refractivity contribution in [3.05, 3.63) is 11.6 Å². The number of unbranched alkanes of at least 4 members (excludes halogenated alkanes) is 4. The molecule has 1 atom stereocenters. The maximum absolute atomic E-state index is 2.57. The van der Waals surface area contributed by atoms with Gasteiger partial charge in [0.25, 0.3) is 0 Å². The molecule has 0 heteroatoms. The van der Waals surface area contributed by atoms with Crippen molar-refractivity contribution in [1.29, 1.82) is 0 Å². The van der Waals surface area contributed by atoms with E-state index in [4.69, 9.17) is 0 Å². The SMILES string of the molecule is CCCCCCC(C=C(C)CCCC)CCC. The third kappa shape index (κ3) is 10.6. The molecule has 0 N–H and O–H groups in total. The highest BCUT2D eigenvalue weighted by Crippen LogP contribution is 2.20. The molecule has 0 saturated heterocycles. The Morgan fingerprint density at radius 2 is 1.53 bits per heavy atom. The summed E-state index contributed by atoms with van der Waals surface area (Å²) in [6.07, 6.45) is 16.3. The lowest BCUT2D eigenvalue weighted by molar-refractivity contribution is 0.492. The smallest absolute Gasteiger partial charge is 0.0231 e. The van der Waals surface area contributed by atoms with Crippen molar-refractivity contribution in [3.8, 4) is 0 Å². The highest BCUT2D eigenvalue weighted by molar-refractivity contribution is 5.01. The van der Waals surface area contributed by atoms with E-state index in [-0.39, 0.29) is 0 Å². The molecular weight excluding hydrogens is 204 g/mol. The van der Waals surface area contributed by atoms with Crippen LogP contribution in [0.2, 0.25) is 0 Å². The first-order valence-electron chi connectivity index (χ1n) is 7.91. The summed E-state index contributed by atoms with van der Waals surface area (Å²) >= 11 is 0. The Kier molecular flexibility index (Phi) is 12.0. The van der Waals surface area contributed by atoms with E-state index in [1.165, 1.54) is 64.2 Å². The van der Waals surface area contributed by atoms with Gasteiger partial charge in [0, 0.05) is 0 Å². The molecule has 102 valence electrons. The molecule has 0 fully saturated rings. The zero-order valence-corrected chi connectivity index (χ0v) is 12.7. The summed E-state index contributed by atoms with van der Waals surface area (Å²) in [6.45, 7) is 9.21. The molecule has 0 heterocycles. The third-order valence-electron chi connectivity index (χ3n) is 3.53. The van der Waals surface area contributed by atoms with Gasteiger partial charge >= 0.3 is 0 Å². The Balaban J connectivity index is 3.94. The number of hydrogen-bond donors (Lipinski definition) is 0. The lowest BCUT2D eigenvalue weighted by Gasteiger charge is -2.13. The highest BCUT2D eigenvalue weighted by atomic mass is 14.1. The third-order valence-corrected chi connectivity index (χ3v) is 3.53. The highest BCUT2D eigenvalue weighted by Gasteiger charge is 2.04. The second-order valence-corrected chi connectivity index (χ2v) is 5.51. The Morgan fingerprint density at radius 3 is 2.12 bits per heavy atom. The number of hydrogen-bond acceptors (Lipinski definition) is 0. The van der Waals surface area contributed by atoms with Crippen molar-refractivity contribution in [2.24, 2.45) is 5.92 Å². The van der Waals surface area contributed by atoms with Gasteiger partial charge in [-0.2, -0.15) is 0 Å². The lowest BCUT2D eigenvalue weighted by atomic mass is 9.93. The van der Waals surface area contributed by atoms with Crippen molar-refractivity contribution in [2.75, 3.05) is 0 Å². The molecule has 0 saturated carbocycles. The zero-order chi connectivity index (χ0) is 12.9. The molecule has 0 aromatic heterocycles. The molecule has 1 unspecified atom stereocenters. The second-order valence-electron chi connectivity index (χ2n) is 5.51. The summed E-state index contributed by atoms with van der Waals surface area (Å²) in [4.78, 5) is 0. The minimum absolute atomic E-state index is 0.855. The molecule has 0 amide bonds. The maximum Gasteiger partial charge on any atom is -0.0231 e. The zero-order valence-electron chi connectivity index (χ0n) is 12.7. The van der Waals surface area contributed by atoms with Gasteiger partial charge in [0.15, 0.2) is 0 Å². The molecular formula is C17H34. The van der Waals surface area contributed by atoms with Gasteiger partial charge in [0.2, 0.25) is 0 Å². The molecule has 0 aliphatic rings. The van der Waals surface area contributed by atoms with Crippen molar-refractivity contribution >= 4 is 0 Å². The molecule has 0 radical (unpaired) electrons. The van der Waals surface area contributed by atoms with Crippen LogP contribution in [0.15, 0.2) is 11.6 Å². The summed E-state index contributed by atoms with van der Waals surface area (Å²) in [7, 11) is 0. The maximum atomic E-state index is 2.57. The molecule has 0 aliphatic carbocycles. The van der Waals surface area contributed by atoms with Crippen LogP contribution in [-0.2, 0) is 0 Å². The fourth-order valence-electron chi connectivity index (χ4n) is 2.46. The molecule has 0 rings (SSSR count). The normalized spacial score (nSPS) is 14.0. The van der Waals surface area contributed by atoms with Crippen LogP contribution in [-0.4, -0.2) is 0 Å². The van der Waals surface area contributed by atoms with Crippen molar-refractivity contribution < 1.29 is 0 Å². The van der Waals surface area contributed by atoms with Crippen LogP contribution in [0.1, 0.15) is 91.9 Å². The van der Waals surface area contributed by atoms with E-state index in [0.717, 1.165) is 5.92 Å². The van der Waals surface area contributed by atoms with E-state index in [1.807, 2.05) is 0 Å². The molecule has 17 heavy (non-hydrogen) atoms. The molecule has 0 spiro atoms. The minimum Gasteiger partial charge on any atom is -0.0825 e. The summed E-state index contributed by atoms with van der Waals surface area (Å²) in [5, 5.41) is 0. The summed E-state index contributed by atoms with van der Waals surface area (Å²) < 4.78 is 0. The number of allylic oxidation sites excluding steroid dienone is 2. The summed E-state index contributed by atoms with van der Waals surface area (Å²) in [5.41, 5.74) is 1.63. The van der Waals surface area contributed by atoms with Crippen molar-refractivity contribution in [2.45, 2.75) is 91.9 Å². The van der Waals surface area contributed by atoms with Crippen LogP contribution < -0.4 is 0 Å². The van der Waals surface area contributed by atoms with Crippen molar-refractivity contribution in [1.82, 2.24) is 0 Å². The predicted octanol–water partition coefficient (Wildman–Crippen LogP) is 6.51. The fourth-order valence-corrected chi connectivity index (χ4v) is 2.46. The lowest BCUT2D eigenvalue weighted by Crippen LogP contribution is -1.98. The average molecular weight is 238 g/mol. The first-order valence-corrected chi connectivity index (χ1v) is 7.91. The molecule has 0 aromatic carbocycles. The standard InChI is InChI=1S/C17H34/c1-5-8-10-11-14-17(12-7-3)15-16(4)13-9-6-2/h15,17H,5-14H2,1-4H3. The van der Waals surface area contributed by atoms with Gasteiger partial charge in [-0.3, -0.25) is 0 Å². The van der Waals surface area contributed by atoms with E-state index in [2.05, 4.69) is 33.8 Å². The molecule has 0 nitrogen and oxygen atoms in total. The Bertz CT molecular complexity index is 178. The quantitative estimate of drug-likeness (QED) is 0.284. The van der Waals surface area contributed by atoms with E-state index in [1.54, 1.807) is 5.57 Å².